The van der Waals surface area contributed by atoms with E-state index in [1.54, 1.807) is 4.90 Å². The molecule has 1 aliphatic heterocycles. The SMILES string of the molecule is CCCC(CC)NC(=O)N1CC(C)(OCC(=O)O)C1. The van der Waals surface area contributed by atoms with Gasteiger partial charge in [-0.1, -0.05) is 20.3 Å². The molecule has 2 amide bonds. The Hall–Kier alpha value is -1.30. The molecule has 1 aliphatic rings. The minimum Gasteiger partial charge on any atom is -0.480 e. The van der Waals surface area contributed by atoms with Crippen LogP contribution in [0, 0.1) is 0 Å². The van der Waals surface area contributed by atoms with Crippen molar-refractivity contribution < 1.29 is 19.4 Å². The summed E-state index contributed by atoms with van der Waals surface area (Å²) in [5.41, 5.74) is -0.526. The number of hydrogen-bond acceptors (Lipinski definition) is 3. The van der Waals surface area contributed by atoms with Crippen LogP contribution in [0.15, 0.2) is 0 Å². The molecular weight excluding hydrogens is 248 g/mol. The molecule has 6 nitrogen and oxygen atoms in total. The maximum Gasteiger partial charge on any atom is 0.329 e. The molecule has 110 valence electrons. The summed E-state index contributed by atoms with van der Waals surface area (Å²) in [6, 6.07) is 0.126. The van der Waals surface area contributed by atoms with E-state index in [-0.39, 0.29) is 18.7 Å². The highest BCUT2D eigenvalue weighted by Gasteiger charge is 2.43. The van der Waals surface area contributed by atoms with E-state index in [1.807, 2.05) is 6.92 Å². The lowest BCUT2D eigenvalue weighted by atomic mass is 9.97. The minimum atomic E-state index is -0.988. The Balaban J connectivity index is 2.32. The molecular formula is C13H24N2O4. The van der Waals surface area contributed by atoms with Crippen LogP contribution < -0.4 is 5.32 Å². The van der Waals surface area contributed by atoms with Crippen LogP contribution >= 0.6 is 0 Å². The third-order valence-electron chi connectivity index (χ3n) is 3.34. The summed E-state index contributed by atoms with van der Waals surface area (Å²) in [6.07, 6.45) is 2.93. The Morgan fingerprint density at radius 1 is 1.42 bits per heavy atom. The van der Waals surface area contributed by atoms with Gasteiger partial charge in [-0.25, -0.2) is 9.59 Å². The largest absolute Gasteiger partial charge is 0.480 e. The van der Waals surface area contributed by atoms with Crippen LogP contribution in [0.3, 0.4) is 0 Å². The monoisotopic (exact) mass is 272 g/mol. The molecule has 0 aliphatic carbocycles. The van der Waals surface area contributed by atoms with Gasteiger partial charge in [-0.2, -0.15) is 0 Å². The van der Waals surface area contributed by atoms with Gasteiger partial charge in [0.15, 0.2) is 0 Å². The number of nitrogens with zero attached hydrogens (tertiary/aromatic N) is 1. The molecule has 6 heteroatoms. The molecule has 0 aromatic rings. The van der Waals surface area contributed by atoms with E-state index in [0.717, 1.165) is 19.3 Å². The topological polar surface area (TPSA) is 78.9 Å². The summed E-state index contributed by atoms with van der Waals surface area (Å²) < 4.78 is 5.26. The van der Waals surface area contributed by atoms with Gasteiger partial charge in [0, 0.05) is 6.04 Å². The van der Waals surface area contributed by atoms with Gasteiger partial charge >= 0.3 is 12.0 Å². The van der Waals surface area contributed by atoms with Crippen LogP contribution in [0.2, 0.25) is 0 Å². The molecule has 19 heavy (non-hydrogen) atoms. The third kappa shape index (κ3) is 4.70. The van der Waals surface area contributed by atoms with Gasteiger partial charge in [-0.3, -0.25) is 0 Å². The van der Waals surface area contributed by atoms with Crippen molar-refractivity contribution in [3.05, 3.63) is 0 Å². The van der Waals surface area contributed by atoms with E-state index in [9.17, 15) is 9.59 Å². The second-order valence-corrected chi connectivity index (χ2v) is 5.33. The number of likely N-dealkylation sites (tertiary alicyclic amines) is 1. The van der Waals surface area contributed by atoms with E-state index >= 15 is 0 Å². The number of carboxylic acids is 1. The fourth-order valence-corrected chi connectivity index (χ4v) is 2.22. The van der Waals surface area contributed by atoms with E-state index in [2.05, 4.69) is 19.2 Å². The van der Waals surface area contributed by atoms with Crippen molar-refractivity contribution >= 4 is 12.0 Å². The molecule has 0 spiro atoms. The smallest absolute Gasteiger partial charge is 0.329 e. The zero-order chi connectivity index (χ0) is 14.5. The zero-order valence-corrected chi connectivity index (χ0v) is 11.9. The number of carbonyl (C=O) groups is 2. The minimum absolute atomic E-state index is 0.0864. The van der Waals surface area contributed by atoms with Gasteiger partial charge in [0.1, 0.15) is 12.2 Å². The first kappa shape index (κ1) is 15.8. The van der Waals surface area contributed by atoms with Crippen molar-refractivity contribution in [2.75, 3.05) is 19.7 Å². The van der Waals surface area contributed by atoms with E-state index < -0.39 is 11.6 Å². The van der Waals surface area contributed by atoms with E-state index in [4.69, 9.17) is 9.84 Å². The third-order valence-corrected chi connectivity index (χ3v) is 3.34. The van der Waals surface area contributed by atoms with Crippen LogP contribution in [-0.2, 0) is 9.53 Å². The summed E-state index contributed by atoms with van der Waals surface area (Å²) in [7, 11) is 0. The van der Waals surface area contributed by atoms with Crippen LogP contribution in [-0.4, -0.2) is 53.3 Å². The predicted octanol–water partition coefficient (Wildman–Crippen LogP) is 1.45. The highest BCUT2D eigenvalue weighted by Crippen LogP contribution is 2.24. The average Bonchev–Trinajstić information content (AvgIpc) is 2.32. The summed E-state index contributed by atoms with van der Waals surface area (Å²) in [4.78, 5) is 24.0. The molecule has 0 bridgehead atoms. The lowest BCUT2D eigenvalue weighted by molar-refractivity contribution is -0.159. The second kappa shape index (κ2) is 6.75. The van der Waals surface area contributed by atoms with Crippen molar-refractivity contribution in [3.63, 3.8) is 0 Å². The van der Waals surface area contributed by atoms with E-state index in [1.165, 1.54) is 0 Å². The number of rotatable bonds is 7. The maximum atomic E-state index is 11.9. The highest BCUT2D eigenvalue weighted by molar-refractivity contribution is 5.76. The zero-order valence-electron chi connectivity index (χ0n) is 11.9. The van der Waals surface area contributed by atoms with Crippen molar-refractivity contribution in [1.82, 2.24) is 10.2 Å². The van der Waals surface area contributed by atoms with Gasteiger partial charge in [0.2, 0.25) is 0 Å². The van der Waals surface area contributed by atoms with Gasteiger partial charge in [0.25, 0.3) is 0 Å². The second-order valence-electron chi connectivity index (χ2n) is 5.33. The van der Waals surface area contributed by atoms with Crippen LogP contribution in [0.4, 0.5) is 4.79 Å². The molecule has 1 rings (SSSR count). The Morgan fingerprint density at radius 3 is 2.53 bits per heavy atom. The van der Waals surface area contributed by atoms with Gasteiger partial charge < -0.3 is 20.1 Å². The predicted molar refractivity (Wildman–Crippen MR) is 71.1 cm³/mol. The summed E-state index contributed by atoms with van der Waals surface area (Å²) >= 11 is 0. The van der Waals surface area contributed by atoms with Gasteiger partial charge in [-0.05, 0) is 19.8 Å². The number of nitrogens with one attached hydrogen (secondary N) is 1. The Bertz CT molecular complexity index is 327. The number of aliphatic carboxylic acids is 1. The molecule has 0 saturated carbocycles. The Kier molecular flexibility index (Phi) is 5.60. The first-order chi connectivity index (χ1) is 8.90. The number of amides is 2. The highest BCUT2D eigenvalue weighted by atomic mass is 16.5. The average molecular weight is 272 g/mol. The first-order valence-corrected chi connectivity index (χ1v) is 6.81. The van der Waals surface area contributed by atoms with Gasteiger partial charge in [0.05, 0.1) is 13.1 Å². The Labute approximate surface area is 114 Å². The summed E-state index contributed by atoms with van der Waals surface area (Å²) in [6.45, 7) is 6.53. The molecule has 1 saturated heterocycles. The van der Waals surface area contributed by atoms with Crippen molar-refractivity contribution in [3.8, 4) is 0 Å². The molecule has 1 heterocycles. The van der Waals surface area contributed by atoms with Crippen molar-refractivity contribution in [2.45, 2.75) is 51.7 Å². The number of urea groups is 1. The summed E-state index contributed by atoms with van der Waals surface area (Å²) in [5, 5.41) is 11.6. The van der Waals surface area contributed by atoms with Crippen LogP contribution in [0.1, 0.15) is 40.0 Å². The molecule has 0 aromatic carbocycles. The maximum absolute atomic E-state index is 11.9. The molecule has 1 fully saturated rings. The summed E-state index contributed by atoms with van der Waals surface area (Å²) in [5.74, 6) is -0.988. The van der Waals surface area contributed by atoms with Gasteiger partial charge in [-0.15, -0.1) is 0 Å². The molecule has 0 aromatic heterocycles. The van der Waals surface area contributed by atoms with Crippen LogP contribution in [0.5, 0.6) is 0 Å². The van der Waals surface area contributed by atoms with E-state index in [0.29, 0.717) is 13.1 Å². The quantitative estimate of drug-likeness (QED) is 0.735. The Morgan fingerprint density at radius 2 is 2.05 bits per heavy atom. The first-order valence-electron chi connectivity index (χ1n) is 6.81. The lowest BCUT2D eigenvalue weighted by Gasteiger charge is -2.47. The normalized spacial score (nSPS) is 18.6. The standard InChI is InChI=1S/C13H24N2O4/c1-4-6-10(5-2)14-12(18)15-8-13(3,9-15)19-7-11(16)17/h10H,4-9H2,1-3H3,(H,14,18)(H,16,17). The lowest BCUT2D eigenvalue weighted by Crippen LogP contribution is -2.65. The number of carboxylic acid groups (broad SMARTS) is 1. The molecule has 1 unspecified atom stereocenters. The van der Waals surface area contributed by atoms with Crippen LogP contribution in [0.25, 0.3) is 0 Å². The molecule has 2 N–H and O–H groups in total. The van der Waals surface area contributed by atoms with Crippen molar-refractivity contribution in [1.29, 1.82) is 0 Å². The fourth-order valence-electron chi connectivity index (χ4n) is 2.22. The van der Waals surface area contributed by atoms with Crippen molar-refractivity contribution in [2.24, 2.45) is 0 Å². The number of carbonyl (C=O) groups excluding carboxylic acids is 1. The molecule has 1 atom stereocenters. The fraction of sp³-hybridized carbons (Fsp3) is 0.846. The number of hydrogen-bond donors (Lipinski definition) is 2. The molecule has 0 radical (unpaired) electrons. The number of ether oxygens (including phenoxy) is 1.